The van der Waals surface area contributed by atoms with Crippen LogP contribution >= 0.6 is 0 Å². The van der Waals surface area contributed by atoms with Gasteiger partial charge in [0, 0.05) is 0 Å². The number of rotatable bonds is 5. The highest BCUT2D eigenvalue weighted by molar-refractivity contribution is 5.92. The van der Waals surface area contributed by atoms with E-state index in [2.05, 4.69) is 6.58 Å². The molecule has 0 heterocycles. The zero-order valence-corrected chi connectivity index (χ0v) is 11.5. The average Bonchev–Trinajstić information content (AvgIpc) is 2.47. The van der Waals surface area contributed by atoms with Gasteiger partial charge in [-0.1, -0.05) is 24.8 Å². The summed E-state index contributed by atoms with van der Waals surface area (Å²) in [4.78, 5) is 12.2. The van der Waals surface area contributed by atoms with Crippen LogP contribution in [0.15, 0.2) is 36.9 Å². The molecule has 0 atom stereocenters. The number of carbonyl (C=O) groups excluding carboxylic acids is 1. The quantitative estimate of drug-likeness (QED) is 0.663. The third-order valence-corrected chi connectivity index (χ3v) is 3.38. The fourth-order valence-corrected chi connectivity index (χ4v) is 2.29. The number of esters is 1. The Morgan fingerprint density at radius 1 is 1.30 bits per heavy atom. The van der Waals surface area contributed by atoms with E-state index < -0.39 is 0 Å². The van der Waals surface area contributed by atoms with E-state index in [0.29, 0.717) is 43.6 Å². The molecular weight excluding hydrogens is 256 g/mol. The van der Waals surface area contributed by atoms with Crippen LogP contribution in [-0.2, 0) is 4.74 Å². The van der Waals surface area contributed by atoms with E-state index in [1.165, 1.54) is 0 Å². The summed E-state index contributed by atoms with van der Waals surface area (Å²) in [6.45, 7) is 3.93. The number of hydrogen-bond acceptors (Lipinski definition) is 4. The molecule has 4 heteroatoms. The zero-order chi connectivity index (χ0) is 14.4. The minimum atomic E-state index is -0.369. The smallest absolute Gasteiger partial charge is 0.342 e. The van der Waals surface area contributed by atoms with E-state index >= 15 is 0 Å². The Hall–Kier alpha value is -1.81. The van der Waals surface area contributed by atoms with Crippen molar-refractivity contribution in [1.82, 2.24) is 0 Å². The molecule has 1 aliphatic carbocycles. The Morgan fingerprint density at radius 2 is 2.00 bits per heavy atom. The zero-order valence-electron chi connectivity index (χ0n) is 11.5. The fourth-order valence-electron chi connectivity index (χ4n) is 2.29. The third-order valence-electron chi connectivity index (χ3n) is 3.38. The van der Waals surface area contributed by atoms with Crippen molar-refractivity contribution >= 4 is 5.97 Å². The van der Waals surface area contributed by atoms with E-state index in [9.17, 15) is 9.90 Å². The minimum Gasteiger partial charge on any atom is -0.489 e. The number of benzene rings is 1. The Morgan fingerprint density at radius 3 is 2.70 bits per heavy atom. The maximum absolute atomic E-state index is 12.2. The second-order valence-electron chi connectivity index (χ2n) is 4.93. The molecule has 1 aromatic rings. The SMILES string of the molecule is C=CCOc1ccccc1C(=O)O[C@H]1CC[C@H](O)CC1. The highest BCUT2D eigenvalue weighted by atomic mass is 16.5. The van der Waals surface area contributed by atoms with Crippen molar-refractivity contribution in [2.75, 3.05) is 6.61 Å². The first-order valence-corrected chi connectivity index (χ1v) is 6.92. The summed E-state index contributed by atoms with van der Waals surface area (Å²) in [6.07, 6.45) is 4.06. The fraction of sp³-hybridized carbons (Fsp3) is 0.438. The Balaban J connectivity index is 1.99. The summed E-state index contributed by atoms with van der Waals surface area (Å²) in [7, 11) is 0. The monoisotopic (exact) mass is 276 g/mol. The van der Waals surface area contributed by atoms with E-state index in [1.807, 2.05) is 6.07 Å². The molecule has 1 aliphatic rings. The van der Waals surface area contributed by atoms with Crippen LogP contribution in [0.25, 0.3) is 0 Å². The predicted molar refractivity (Wildman–Crippen MR) is 75.8 cm³/mol. The van der Waals surface area contributed by atoms with Gasteiger partial charge in [0.2, 0.25) is 0 Å². The first-order valence-electron chi connectivity index (χ1n) is 6.92. The molecule has 20 heavy (non-hydrogen) atoms. The summed E-state index contributed by atoms with van der Waals surface area (Å²) in [5.74, 6) is 0.138. The van der Waals surface area contributed by atoms with E-state index in [-0.39, 0.29) is 18.2 Å². The molecular formula is C16H20O4. The second-order valence-corrected chi connectivity index (χ2v) is 4.93. The molecule has 108 valence electrons. The summed E-state index contributed by atoms with van der Waals surface area (Å²) >= 11 is 0. The van der Waals surface area contributed by atoms with Crippen molar-refractivity contribution in [2.45, 2.75) is 37.9 Å². The van der Waals surface area contributed by atoms with Gasteiger partial charge >= 0.3 is 5.97 Å². The van der Waals surface area contributed by atoms with Crippen molar-refractivity contribution in [3.63, 3.8) is 0 Å². The topological polar surface area (TPSA) is 55.8 Å². The lowest BCUT2D eigenvalue weighted by Gasteiger charge is -2.25. The lowest BCUT2D eigenvalue weighted by molar-refractivity contribution is 0.00432. The number of hydrogen-bond donors (Lipinski definition) is 1. The van der Waals surface area contributed by atoms with Gasteiger partial charge in [-0.15, -0.1) is 0 Å². The van der Waals surface area contributed by atoms with E-state index in [0.717, 1.165) is 0 Å². The van der Waals surface area contributed by atoms with Crippen LogP contribution in [-0.4, -0.2) is 29.9 Å². The highest BCUT2D eigenvalue weighted by Crippen LogP contribution is 2.24. The largest absolute Gasteiger partial charge is 0.489 e. The lowest BCUT2D eigenvalue weighted by atomic mass is 9.95. The molecule has 0 saturated heterocycles. The molecule has 1 fully saturated rings. The molecule has 0 aromatic heterocycles. The molecule has 0 aliphatic heterocycles. The van der Waals surface area contributed by atoms with Crippen molar-refractivity contribution in [3.8, 4) is 5.75 Å². The summed E-state index contributed by atoms with van der Waals surface area (Å²) in [5, 5.41) is 9.45. The Kier molecular flexibility index (Phi) is 5.18. The van der Waals surface area contributed by atoms with E-state index in [4.69, 9.17) is 9.47 Å². The van der Waals surface area contributed by atoms with Crippen LogP contribution in [0.3, 0.4) is 0 Å². The Bertz CT molecular complexity index is 461. The number of aliphatic hydroxyl groups excluding tert-OH is 1. The summed E-state index contributed by atoms with van der Waals surface area (Å²) in [6, 6.07) is 7.03. The second kappa shape index (κ2) is 7.10. The molecule has 0 spiro atoms. The van der Waals surface area contributed by atoms with Crippen molar-refractivity contribution in [1.29, 1.82) is 0 Å². The van der Waals surface area contributed by atoms with Gasteiger partial charge in [-0.05, 0) is 37.8 Å². The lowest BCUT2D eigenvalue weighted by Crippen LogP contribution is -2.26. The Labute approximate surface area is 119 Å². The van der Waals surface area contributed by atoms with Gasteiger partial charge < -0.3 is 14.6 Å². The van der Waals surface area contributed by atoms with Crippen LogP contribution in [0.4, 0.5) is 0 Å². The number of ether oxygens (including phenoxy) is 2. The standard InChI is InChI=1S/C16H20O4/c1-2-11-19-15-6-4-3-5-14(15)16(18)20-13-9-7-12(17)8-10-13/h2-6,12-13,17H,1,7-11H2/t12-,13-. The first kappa shape index (κ1) is 14.6. The van der Waals surface area contributed by atoms with Crippen molar-refractivity contribution in [2.24, 2.45) is 0 Å². The van der Waals surface area contributed by atoms with Gasteiger partial charge in [0.05, 0.1) is 6.10 Å². The molecule has 0 radical (unpaired) electrons. The van der Waals surface area contributed by atoms with E-state index in [1.54, 1.807) is 24.3 Å². The molecule has 0 amide bonds. The van der Waals surface area contributed by atoms with Crippen LogP contribution < -0.4 is 4.74 Å². The molecule has 1 aromatic carbocycles. The van der Waals surface area contributed by atoms with Gasteiger partial charge in [-0.25, -0.2) is 4.79 Å². The number of carbonyl (C=O) groups is 1. The molecule has 2 rings (SSSR count). The maximum atomic E-state index is 12.2. The van der Waals surface area contributed by atoms with Crippen molar-refractivity contribution in [3.05, 3.63) is 42.5 Å². The van der Waals surface area contributed by atoms with Gasteiger partial charge in [-0.3, -0.25) is 0 Å². The van der Waals surface area contributed by atoms with Gasteiger partial charge in [0.1, 0.15) is 24.0 Å². The maximum Gasteiger partial charge on any atom is 0.342 e. The van der Waals surface area contributed by atoms with Crippen LogP contribution in [0.5, 0.6) is 5.75 Å². The summed E-state index contributed by atoms with van der Waals surface area (Å²) < 4.78 is 10.9. The summed E-state index contributed by atoms with van der Waals surface area (Å²) in [5.41, 5.74) is 0.431. The van der Waals surface area contributed by atoms with Gasteiger partial charge in [0.15, 0.2) is 0 Å². The van der Waals surface area contributed by atoms with Crippen LogP contribution in [0.2, 0.25) is 0 Å². The van der Waals surface area contributed by atoms with Gasteiger partial charge in [-0.2, -0.15) is 0 Å². The highest BCUT2D eigenvalue weighted by Gasteiger charge is 2.24. The van der Waals surface area contributed by atoms with Crippen molar-refractivity contribution < 1.29 is 19.4 Å². The van der Waals surface area contributed by atoms with Crippen LogP contribution in [0, 0.1) is 0 Å². The number of para-hydroxylation sites is 1. The third kappa shape index (κ3) is 3.84. The molecule has 0 unspecified atom stereocenters. The minimum absolute atomic E-state index is 0.113. The van der Waals surface area contributed by atoms with Gasteiger partial charge in [0.25, 0.3) is 0 Å². The average molecular weight is 276 g/mol. The predicted octanol–water partition coefficient (Wildman–Crippen LogP) is 2.71. The first-order chi connectivity index (χ1) is 9.70. The molecule has 4 nitrogen and oxygen atoms in total. The molecule has 1 N–H and O–H groups in total. The molecule has 1 saturated carbocycles. The molecule has 0 bridgehead atoms. The normalized spacial score (nSPS) is 22.1. The number of aliphatic hydroxyl groups is 1. The van der Waals surface area contributed by atoms with Crippen LogP contribution in [0.1, 0.15) is 36.0 Å².